The molecule has 1 saturated heterocycles. The number of hydrogen-bond donors (Lipinski definition) is 2. The Balaban J connectivity index is 3.61. The Labute approximate surface area is 386 Å². The molecule has 0 aromatic heterocycles. The molecule has 10 atom stereocenters. The first kappa shape index (κ1) is 59.6. The maximum atomic E-state index is 14.4. The van der Waals surface area contributed by atoms with Crippen molar-refractivity contribution in [2.45, 2.75) is 272 Å². The van der Waals surface area contributed by atoms with Crippen LogP contribution in [0.3, 0.4) is 0 Å². The van der Waals surface area contributed by atoms with Crippen molar-refractivity contribution >= 4 is 45.1 Å². The SMILES string of the molecule is CC[C@H](C)[C@H](C[C@@H](CC(=O)O)O[Si](C)(C)C(C)(C)C)NC(=O)C[C@H](C[C@H](O[C@@H]1O[C@@H](CO[Si](C)(C)C(C)(C)C)C(O[Si](C)(C)C(C)(C)C)C1C)[C@@H](C)CC)O[Si](C)(C)C(C)(C)C. The smallest absolute Gasteiger partial charge is 0.305 e. The van der Waals surface area contributed by atoms with Crippen LogP contribution in [0.1, 0.15) is 156 Å². The lowest BCUT2D eigenvalue weighted by Crippen LogP contribution is -2.50. The van der Waals surface area contributed by atoms with E-state index in [1.54, 1.807) is 0 Å². The highest BCUT2D eigenvalue weighted by atomic mass is 28.4. The summed E-state index contributed by atoms with van der Waals surface area (Å²) in [7, 11) is -8.91. The molecule has 1 amide bonds. The van der Waals surface area contributed by atoms with Crippen LogP contribution in [0.5, 0.6) is 0 Å². The van der Waals surface area contributed by atoms with Gasteiger partial charge in [0.1, 0.15) is 6.10 Å². The minimum atomic E-state index is -2.35. The Morgan fingerprint density at radius 1 is 0.661 bits per heavy atom. The summed E-state index contributed by atoms with van der Waals surface area (Å²) in [6.45, 7) is 56.0. The summed E-state index contributed by atoms with van der Waals surface area (Å²) in [5.74, 6) is -0.756. The van der Waals surface area contributed by atoms with Crippen LogP contribution >= 0.6 is 0 Å². The summed E-state index contributed by atoms with van der Waals surface area (Å²) in [5, 5.41) is 13.2. The fourth-order valence-corrected chi connectivity index (χ4v) is 11.8. The van der Waals surface area contributed by atoms with Crippen LogP contribution in [-0.2, 0) is 36.8 Å². The van der Waals surface area contributed by atoms with E-state index >= 15 is 0 Å². The van der Waals surface area contributed by atoms with E-state index in [2.05, 4.69) is 175 Å². The second kappa shape index (κ2) is 22.6. The average Bonchev–Trinajstić information content (AvgIpc) is 3.35. The molecule has 1 heterocycles. The van der Waals surface area contributed by atoms with Crippen LogP contribution in [0, 0.1) is 17.8 Å². The Morgan fingerprint density at radius 3 is 1.50 bits per heavy atom. The lowest BCUT2D eigenvalue weighted by molar-refractivity contribution is -0.194. The monoisotopic (exact) mass is 948 g/mol. The van der Waals surface area contributed by atoms with Gasteiger partial charge in [-0.3, -0.25) is 9.59 Å². The number of carboxylic acid groups (broad SMARTS) is 1. The van der Waals surface area contributed by atoms with Gasteiger partial charge in [0.25, 0.3) is 0 Å². The molecular formula is C48H101NO9Si4. The lowest BCUT2D eigenvalue weighted by atomic mass is 9.92. The molecule has 0 saturated carbocycles. The van der Waals surface area contributed by atoms with Crippen molar-refractivity contribution in [2.24, 2.45) is 17.8 Å². The number of amides is 1. The van der Waals surface area contributed by atoms with E-state index < -0.39 is 57.7 Å². The van der Waals surface area contributed by atoms with Gasteiger partial charge in [0.2, 0.25) is 5.91 Å². The zero-order chi connectivity index (χ0) is 48.8. The Bertz CT molecular complexity index is 1400. The number of carbonyl (C=O) groups is 2. The van der Waals surface area contributed by atoms with Gasteiger partial charge in [-0.15, -0.1) is 0 Å². The van der Waals surface area contributed by atoms with E-state index in [-0.39, 0.29) is 81.0 Å². The molecule has 0 aromatic rings. The molecule has 62 heavy (non-hydrogen) atoms. The van der Waals surface area contributed by atoms with Crippen molar-refractivity contribution in [1.29, 1.82) is 0 Å². The normalized spacial score (nSPS) is 23.1. The van der Waals surface area contributed by atoms with Crippen LogP contribution in [0.15, 0.2) is 0 Å². The maximum Gasteiger partial charge on any atom is 0.305 e. The topological polar surface area (TPSA) is 122 Å². The number of rotatable bonds is 24. The molecule has 14 heteroatoms. The predicted molar refractivity (Wildman–Crippen MR) is 269 cm³/mol. The number of ether oxygens (including phenoxy) is 2. The summed E-state index contributed by atoms with van der Waals surface area (Å²) in [6, 6.07) is -0.257. The van der Waals surface area contributed by atoms with Crippen LogP contribution in [0.4, 0.5) is 0 Å². The number of hydrogen-bond acceptors (Lipinski definition) is 8. The molecule has 0 radical (unpaired) electrons. The Kier molecular flexibility index (Phi) is 21.7. The minimum Gasteiger partial charge on any atom is -0.481 e. The highest BCUT2D eigenvalue weighted by Gasteiger charge is 2.51. The van der Waals surface area contributed by atoms with E-state index in [0.717, 1.165) is 12.8 Å². The van der Waals surface area contributed by atoms with Gasteiger partial charge in [-0.1, -0.05) is 131 Å². The first-order valence-corrected chi connectivity index (χ1v) is 35.8. The third kappa shape index (κ3) is 17.3. The van der Waals surface area contributed by atoms with Gasteiger partial charge in [0.15, 0.2) is 39.6 Å². The summed E-state index contributed by atoms with van der Waals surface area (Å²) in [4.78, 5) is 26.5. The highest BCUT2D eigenvalue weighted by molar-refractivity contribution is 6.75. The van der Waals surface area contributed by atoms with E-state index in [1.807, 2.05) is 0 Å². The quantitative estimate of drug-likeness (QED) is 0.0911. The molecular weight excluding hydrogens is 847 g/mol. The van der Waals surface area contributed by atoms with Crippen LogP contribution in [0.2, 0.25) is 72.5 Å². The summed E-state index contributed by atoms with van der Waals surface area (Å²) in [5.41, 5.74) is 0. The summed E-state index contributed by atoms with van der Waals surface area (Å²) in [6.07, 6.45) is 0.627. The van der Waals surface area contributed by atoms with Gasteiger partial charge in [-0.05, 0) is 97.2 Å². The van der Waals surface area contributed by atoms with Crippen molar-refractivity contribution in [2.75, 3.05) is 6.61 Å². The van der Waals surface area contributed by atoms with Crippen LogP contribution in [-0.4, -0.2) is 99.7 Å². The van der Waals surface area contributed by atoms with Crippen LogP contribution in [0.25, 0.3) is 0 Å². The molecule has 368 valence electrons. The summed E-state index contributed by atoms with van der Waals surface area (Å²) >= 11 is 0. The molecule has 1 aliphatic rings. The van der Waals surface area contributed by atoms with Gasteiger partial charge in [0, 0.05) is 12.0 Å². The average molecular weight is 949 g/mol. The molecule has 10 nitrogen and oxygen atoms in total. The first-order valence-electron chi connectivity index (χ1n) is 24.1. The fraction of sp³-hybridized carbons (Fsp3) is 0.958. The molecule has 0 bridgehead atoms. The van der Waals surface area contributed by atoms with E-state index in [4.69, 9.17) is 27.2 Å². The maximum absolute atomic E-state index is 14.4. The lowest BCUT2D eigenvalue weighted by Gasteiger charge is -2.41. The van der Waals surface area contributed by atoms with Gasteiger partial charge < -0.3 is 37.6 Å². The highest BCUT2D eigenvalue weighted by Crippen LogP contribution is 2.44. The van der Waals surface area contributed by atoms with E-state index in [9.17, 15) is 14.7 Å². The Morgan fingerprint density at radius 2 is 1.10 bits per heavy atom. The van der Waals surface area contributed by atoms with Crippen LogP contribution < -0.4 is 5.32 Å². The van der Waals surface area contributed by atoms with Crippen molar-refractivity contribution < 1.29 is 41.9 Å². The third-order valence-electron chi connectivity index (χ3n) is 15.9. The molecule has 1 aliphatic heterocycles. The standard InChI is InChI=1S/C48H101NO9Si4/c1-26-33(3)38(28-36(31-42(51)52)56-60(20,21)46(9,10)11)49-41(50)30-37(57-61(22,23)47(12,13)14)29-39(34(4)27-2)54-44-35(5)43(58-62(24,25)48(15,16)17)40(55-44)32-53-59(18,19)45(6,7)8/h33-40,43-44H,26-32H2,1-25H3,(H,49,50)(H,51,52)/t33-,34-,35?,36-,37-,38-,39-,40-,43?,44+/m0/s1. The molecule has 0 aliphatic carbocycles. The molecule has 1 rings (SSSR count). The summed E-state index contributed by atoms with van der Waals surface area (Å²) < 4.78 is 42.0. The van der Waals surface area contributed by atoms with Crippen molar-refractivity contribution in [3.05, 3.63) is 0 Å². The first-order chi connectivity index (χ1) is 27.6. The number of carbonyl (C=O) groups excluding carboxylic acids is 1. The molecule has 2 unspecified atom stereocenters. The van der Waals surface area contributed by atoms with Gasteiger partial charge >= 0.3 is 5.97 Å². The largest absolute Gasteiger partial charge is 0.481 e. The van der Waals surface area contributed by atoms with E-state index in [1.165, 1.54) is 0 Å². The second-order valence-corrected chi connectivity index (χ2v) is 44.3. The van der Waals surface area contributed by atoms with Gasteiger partial charge in [-0.25, -0.2) is 0 Å². The predicted octanol–water partition coefficient (Wildman–Crippen LogP) is 13.1. The van der Waals surface area contributed by atoms with Crippen molar-refractivity contribution in [3.63, 3.8) is 0 Å². The molecule has 2 N–H and O–H groups in total. The minimum absolute atomic E-state index is 0.0213. The zero-order valence-electron chi connectivity index (χ0n) is 44.9. The zero-order valence-corrected chi connectivity index (χ0v) is 48.9. The third-order valence-corrected chi connectivity index (χ3v) is 33.9. The van der Waals surface area contributed by atoms with Gasteiger partial charge in [-0.2, -0.15) is 0 Å². The fourth-order valence-electron chi connectivity index (χ4n) is 6.68. The Hall–Kier alpha value is -0.432. The van der Waals surface area contributed by atoms with Gasteiger partial charge in [0.05, 0.1) is 43.9 Å². The van der Waals surface area contributed by atoms with E-state index in [0.29, 0.717) is 19.4 Å². The second-order valence-electron chi connectivity index (χ2n) is 25.2. The van der Waals surface area contributed by atoms with Crippen molar-refractivity contribution in [3.8, 4) is 0 Å². The number of nitrogens with one attached hydrogen (secondary N) is 1. The molecule has 0 spiro atoms. The number of carboxylic acids is 1. The molecule has 0 aromatic carbocycles. The molecule has 1 fully saturated rings. The number of aliphatic carboxylic acids is 1. The van der Waals surface area contributed by atoms with Crippen molar-refractivity contribution in [1.82, 2.24) is 5.32 Å².